The monoisotopic (exact) mass is 372 g/mol. The molecule has 3 aromatic rings. The molecule has 0 radical (unpaired) electrons. The first-order valence-corrected chi connectivity index (χ1v) is 9.68. The number of aromatic nitrogens is 3. The molecule has 7 heteroatoms. The van der Waals surface area contributed by atoms with Crippen molar-refractivity contribution < 1.29 is 9.32 Å². The first-order valence-electron chi connectivity index (χ1n) is 8.80. The Hall–Kier alpha value is -2.41. The van der Waals surface area contributed by atoms with Crippen LogP contribution in [0.4, 0.5) is 0 Å². The number of hydrogen-bond acceptors (Lipinski definition) is 5. The van der Waals surface area contributed by atoms with Gasteiger partial charge in [-0.3, -0.25) is 9.48 Å². The molecule has 0 aliphatic rings. The van der Waals surface area contributed by atoms with Gasteiger partial charge in [0.2, 0.25) is 0 Å². The second-order valence-electron chi connectivity index (χ2n) is 6.48. The highest BCUT2D eigenvalue weighted by molar-refractivity contribution is 7.10. The highest BCUT2D eigenvalue weighted by atomic mass is 32.1. The van der Waals surface area contributed by atoms with Gasteiger partial charge in [-0.15, -0.1) is 11.3 Å². The van der Waals surface area contributed by atoms with Crippen molar-refractivity contribution in [1.29, 1.82) is 0 Å². The van der Waals surface area contributed by atoms with E-state index in [0.717, 1.165) is 34.7 Å². The fraction of sp³-hybridized carbons (Fsp3) is 0.421. The van der Waals surface area contributed by atoms with Gasteiger partial charge < -0.3 is 9.84 Å². The fourth-order valence-electron chi connectivity index (χ4n) is 3.03. The van der Waals surface area contributed by atoms with Crippen LogP contribution < -0.4 is 5.32 Å². The summed E-state index contributed by atoms with van der Waals surface area (Å²) in [6.45, 7) is 8.36. The van der Waals surface area contributed by atoms with Crippen molar-refractivity contribution in [3.8, 4) is 0 Å². The van der Waals surface area contributed by atoms with Gasteiger partial charge in [-0.2, -0.15) is 5.10 Å². The quantitative estimate of drug-likeness (QED) is 0.675. The van der Waals surface area contributed by atoms with Crippen LogP contribution in [0.3, 0.4) is 0 Å². The van der Waals surface area contributed by atoms with Crippen molar-refractivity contribution in [2.75, 3.05) is 0 Å². The van der Waals surface area contributed by atoms with Crippen molar-refractivity contribution in [3.63, 3.8) is 0 Å². The summed E-state index contributed by atoms with van der Waals surface area (Å²) >= 11 is 1.65. The lowest BCUT2D eigenvalue weighted by molar-refractivity contribution is 0.0925. The molecule has 0 aromatic carbocycles. The zero-order valence-electron chi connectivity index (χ0n) is 15.6. The number of aryl methyl sites for hydroxylation is 3. The number of thiophene rings is 1. The Kier molecular flexibility index (Phi) is 5.56. The summed E-state index contributed by atoms with van der Waals surface area (Å²) in [7, 11) is 0. The molecule has 0 spiro atoms. The van der Waals surface area contributed by atoms with Gasteiger partial charge in [0.15, 0.2) is 5.69 Å². The van der Waals surface area contributed by atoms with Crippen molar-refractivity contribution in [2.24, 2.45) is 0 Å². The lowest BCUT2D eigenvalue weighted by atomic mass is 10.1. The van der Waals surface area contributed by atoms with Gasteiger partial charge in [-0.25, -0.2) is 0 Å². The smallest absolute Gasteiger partial charge is 0.274 e. The minimum atomic E-state index is -0.203. The van der Waals surface area contributed by atoms with Crippen molar-refractivity contribution >= 4 is 17.2 Å². The van der Waals surface area contributed by atoms with Crippen LogP contribution in [0.15, 0.2) is 28.1 Å². The molecule has 0 aliphatic carbocycles. The number of nitrogens with one attached hydrogen (secondary N) is 1. The van der Waals surface area contributed by atoms with E-state index in [1.54, 1.807) is 11.3 Å². The SMILES string of the molecule is CCC[C@@H](NC(=O)c1noc(C)c1Cn1nc(C)cc1C)c1cccs1. The molecule has 3 heterocycles. The first-order chi connectivity index (χ1) is 12.5. The largest absolute Gasteiger partial charge is 0.361 e. The second-order valence-corrected chi connectivity index (χ2v) is 7.46. The van der Waals surface area contributed by atoms with Crippen molar-refractivity contribution in [2.45, 2.75) is 53.1 Å². The predicted molar refractivity (Wildman–Crippen MR) is 101 cm³/mol. The van der Waals surface area contributed by atoms with Crippen molar-refractivity contribution in [1.82, 2.24) is 20.3 Å². The van der Waals surface area contributed by atoms with E-state index in [-0.39, 0.29) is 11.9 Å². The topological polar surface area (TPSA) is 73.0 Å². The molecule has 3 aromatic heterocycles. The molecule has 0 unspecified atom stereocenters. The minimum Gasteiger partial charge on any atom is -0.361 e. The number of carbonyl (C=O) groups excluding carboxylic acids is 1. The van der Waals surface area contributed by atoms with Gasteiger partial charge >= 0.3 is 0 Å². The van der Waals surface area contributed by atoms with E-state index in [0.29, 0.717) is 18.0 Å². The number of amides is 1. The third kappa shape index (κ3) is 3.88. The molecule has 1 amide bonds. The Morgan fingerprint density at radius 3 is 2.81 bits per heavy atom. The van der Waals surface area contributed by atoms with Gasteiger partial charge in [-0.05, 0) is 44.7 Å². The van der Waals surface area contributed by atoms with Crippen LogP contribution in [0.25, 0.3) is 0 Å². The Labute approximate surface area is 157 Å². The van der Waals surface area contributed by atoms with E-state index in [1.165, 1.54) is 0 Å². The molecule has 1 N–H and O–H groups in total. The van der Waals surface area contributed by atoms with E-state index >= 15 is 0 Å². The zero-order valence-corrected chi connectivity index (χ0v) is 16.4. The second kappa shape index (κ2) is 7.86. The van der Waals surface area contributed by atoms with Crippen LogP contribution in [0.1, 0.15) is 63.9 Å². The highest BCUT2D eigenvalue weighted by Gasteiger charge is 2.24. The van der Waals surface area contributed by atoms with Gasteiger partial charge in [0.1, 0.15) is 5.76 Å². The first kappa shape index (κ1) is 18.4. The molecule has 0 saturated carbocycles. The molecule has 0 aliphatic heterocycles. The minimum absolute atomic E-state index is 0.00830. The Bertz CT molecular complexity index is 880. The lowest BCUT2D eigenvalue weighted by Gasteiger charge is -2.16. The van der Waals surface area contributed by atoms with Crippen LogP contribution in [0, 0.1) is 20.8 Å². The summed E-state index contributed by atoms with van der Waals surface area (Å²) < 4.78 is 7.19. The Morgan fingerprint density at radius 2 is 2.19 bits per heavy atom. The maximum absolute atomic E-state index is 12.9. The number of rotatable bonds is 7. The number of hydrogen-bond donors (Lipinski definition) is 1. The van der Waals surface area contributed by atoms with Crippen LogP contribution in [-0.4, -0.2) is 20.8 Å². The number of carbonyl (C=O) groups is 1. The molecular weight excluding hydrogens is 348 g/mol. The molecule has 26 heavy (non-hydrogen) atoms. The third-order valence-corrected chi connectivity index (χ3v) is 5.37. The molecule has 138 valence electrons. The Morgan fingerprint density at radius 1 is 1.38 bits per heavy atom. The molecule has 3 rings (SSSR count). The van der Waals surface area contributed by atoms with E-state index < -0.39 is 0 Å². The standard InChI is InChI=1S/C19H24N4O2S/c1-5-7-16(17-8-6-9-26-17)20-19(24)18-15(14(4)25-22-18)11-23-13(3)10-12(2)21-23/h6,8-10,16H,5,7,11H2,1-4H3,(H,20,24)/t16-/m1/s1. The molecule has 0 saturated heterocycles. The average Bonchev–Trinajstić information content (AvgIpc) is 3.30. The lowest BCUT2D eigenvalue weighted by Crippen LogP contribution is -2.29. The maximum atomic E-state index is 12.9. The van der Waals surface area contributed by atoms with Crippen molar-refractivity contribution in [3.05, 3.63) is 56.9 Å². The normalized spacial score (nSPS) is 12.3. The van der Waals surface area contributed by atoms with E-state index in [1.807, 2.05) is 43.0 Å². The summed E-state index contributed by atoms with van der Waals surface area (Å²) in [6.07, 6.45) is 1.87. The highest BCUT2D eigenvalue weighted by Crippen LogP contribution is 2.24. The van der Waals surface area contributed by atoms with Gasteiger partial charge in [0.25, 0.3) is 5.91 Å². The number of nitrogens with zero attached hydrogens (tertiary/aromatic N) is 3. The summed E-state index contributed by atoms with van der Waals surface area (Å²) in [6, 6.07) is 6.06. The van der Waals surface area contributed by atoms with Gasteiger partial charge in [0, 0.05) is 16.1 Å². The van der Waals surface area contributed by atoms with E-state index in [4.69, 9.17) is 4.52 Å². The van der Waals surface area contributed by atoms with Gasteiger partial charge in [0.05, 0.1) is 18.3 Å². The Balaban J connectivity index is 1.82. The summed E-state index contributed by atoms with van der Waals surface area (Å²) in [4.78, 5) is 14.0. The average molecular weight is 372 g/mol. The van der Waals surface area contributed by atoms with Crippen LogP contribution >= 0.6 is 11.3 Å². The molecular formula is C19H24N4O2S. The molecule has 1 atom stereocenters. The maximum Gasteiger partial charge on any atom is 0.274 e. The molecule has 0 bridgehead atoms. The summed E-state index contributed by atoms with van der Waals surface area (Å²) in [5.41, 5.74) is 3.10. The van der Waals surface area contributed by atoms with E-state index in [2.05, 4.69) is 28.6 Å². The molecule has 0 fully saturated rings. The molecule has 6 nitrogen and oxygen atoms in total. The fourth-order valence-corrected chi connectivity index (χ4v) is 3.84. The summed E-state index contributed by atoms with van der Waals surface area (Å²) in [5, 5.41) is 13.6. The van der Waals surface area contributed by atoms with Crippen LogP contribution in [0.5, 0.6) is 0 Å². The summed E-state index contributed by atoms with van der Waals surface area (Å²) in [5.74, 6) is 0.441. The van der Waals surface area contributed by atoms with Crippen LogP contribution in [0.2, 0.25) is 0 Å². The zero-order chi connectivity index (χ0) is 18.7. The van der Waals surface area contributed by atoms with E-state index in [9.17, 15) is 4.79 Å². The van der Waals surface area contributed by atoms with Gasteiger partial charge in [-0.1, -0.05) is 24.6 Å². The van der Waals surface area contributed by atoms with Crippen LogP contribution in [-0.2, 0) is 6.54 Å². The third-order valence-electron chi connectivity index (χ3n) is 4.38. The predicted octanol–water partition coefficient (Wildman–Crippen LogP) is 4.18.